The number of nitrogens with one attached hydrogen (secondary N) is 1. The first kappa shape index (κ1) is 14.7. The highest BCUT2D eigenvalue weighted by molar-refractivity contribution is 8.00. The van der Waals surface area contributed by atoms with Gasteiger partial charge in [0.2, 0.25) is 5.91 Å². The lowest BCUT2D eigenvalue weighted by atomic mass is 9.78. The highest BCUT2D eigenvalue weighted by Gasteiger charge is 2.35. The maximum absolute atomic E-state index is 12.6. The fourth-order valence-electron chi connectivity index (χ4n) is 4.17. The van der Waals surface area contributed by atoms with Crippen LogP contribution in [0.25, 0.3) is 0 Å². The summed E-state index contributed by atoms with van der Waals surface area (Å²) in [6.45, 7) is 3.27. The molecule has 114 valence electrons. The molecule has 2 heterocycles. The number of hydrogen-bond acceptors (Lipinski definition) is 3. The SMILES string of the molecule is O=C(CSC1CCNCC1)N1CCCC2CCCCC21. The predicted octanol–water partition coefficient (Wildman–Crippen LogP) is 2.65. The molecule has 3 aliphatic rings. The van der Waals surface area contributed by atoms with Gasteiger partial charge in [-0.05, 0) is 57.5 Å². The van der Waals surface area contributed by atoms with Gasteiger partial charge in [0.25, 0.3) is 0 Å². The molecule has 1 aliphatic carbocycles. The Kier molecular flexibility index (Phi) is 5.27. The number of carbonyl (C=O) groups excluding carboxylic acids is 1. The molecule has 4 heteroatoms. The van der Waals surface area contributed by atoms with Gasteiger partial charge in [-0.15, -0.1) is 11.8 Å². The number of hydrogen-bond donors (Lipinski definition) is 1. The Bertz CT molecular complexity index is 328. The topological polar surface area (TPSA) is 32.3 Å². The molecule has 0 aromatic heterocycles. The van der Waals surface area contributed by atoms with Crippen LogP contribution in [0.2, 0.25) is 0 Å². The first-order valence-corrected chi connectivity index (χ1v) is 9.51. The van der Waals surface area contributed by atoms with Gasteiger partial charge in [-0.3, -0.25) is 4.79 Å². The van der Waals surface area contributed by atoms with Crippen LogP contribution in [0.4, 0.5) is 0 Å². The zero-order valence-corrected chi connectivity index (χ0v) is 13.3. The number of likely N-dealkylation sites (tertiary alicyclic amines) is 1. The van der Waals surface area contributed by atoms with Crippen molar-refractivity contribution in [1.29, 1.82) is 0 Å². The summed E-state index contributed by atoms with van der Waals surface area (Å²) in [5, 5.41) is 4.10. The molecular weight excluding hydrogens is 268 g/mol. The van der Waals surface area contributed by atoms with Crippen molar-refractivity contribution in [3.05, 3.63) is 0 Å². The molecule has 2 unspecified atom stereocenters. The summed E-state index contributed by atoms with van der Waals surface area (Å²) in [6.07, 6.45) is 10.4. The molecule has 0 spiro atoms. The minimum atomic E-state index is 0.421. The van der Waals surface area contributed by atoms with Crippen LogP contribution in [-0.4, -0.2) is 47.5 Å². The zero-order chi connectivity index (χ0) is 13.8. The lowest BCUT2D eigenvalue weighted by molar-refractivity contribution is -0.134. The second-order valence-corrected chi connectivity index (χ2v) is 7.89. The molecule has 3 fully saturated rings. The van der Waals surface area contributed by atoms with Gasteiger partial charge in [-0.2, -0.15) is 0 Å². The van der Waals surface area contributed by atoms with Crippen LogP contribution in [0.1, 0.15) is 51.4 Å². The summed E-state index contributed by atoms with van der Waals surface area (Å²) in [7, 11) is 0. The van der Waals surface area contributed by atoms with Crippen LogP contribution in [0, 0.1) is 5.92 Å². The predicted molar refractivity (Wildman–Crippen MR) is 85.0 cm³/mol. The van der Waals surface area contributed by atoms with Gasteiger partial charge in [-0.1, -0.05) is 12.8 Å². The van der Waals surface area contributed by atoms with Crippen molar-refractivity contribution in [3.8, 4) is 0 Å². The number of amides is 1. The number of rotatable bonds is 3. The summed E-state index contributed by atoms with van der Waals surface area (Å²) in [6, 6.07) is 0.582. The molecule has 0 radical (unpaired) electrons. The van der Waals surface area contributed by atoms with Crippen LogP contribution in [0.15, 0.2) is 0 Å². The van der Waals surface area contributed by atoms with E-state index < -0.39 is 0 Å². The van der Waals surface area contributed by atoms with Crippen LogP contribution in [-0.2, 0) is 4.79 Å². The van der Waals surface area contributed by atoms with E-state index in [0.29, 0.717) is 23.0 Å². The molecule has 20 heavy (non-hydrogen) atoms. The Hall–Kier alpha value is -0.220. The van der Waals surface area contributed by atoms with Crippen molar-refractivity contribution in [2.75, 3.05) is 25.4 Å². The number of piperidine rings is 2. The van der Waals surface area contributed by atoms with E-state index in [4.69, 9.17) is 0 Å². The maximum atomic E-state index is 12.6. The number of carbonyl (C=O) groups is 1. The van der Waals surface area contributed by atoms with Crippen molar-refractivity contribution in [2.24, 2.45) is 5.92 Å². The van der Waals surface area contributed by atoms with E-state index in [2.05, 4.69) is 10.2 Å². The second-order valence-electron chi connectivity index (χ2n) is 6.60. The molecule has 2 atom stereocenters. The third kappa shape index (κ3) is 3.51. The Morgan fingerprint density at radius 1 is 1.05 bits per heavy atom. The molecule has 0 bridgehead atoms. The molecule has 3 nitrogen and oxygen atoms in total. The van der Waals surface area contributed by atoms with E-state index in [-0.39, 0.29) is 0 Å². The Labute approximate surface area is 127 Å². The summed E-state index contributed by atoms with van der Waals surface area (Å²) < 4.78 is 0. The van der Waals surface area contributed by atoms with Crippen molar-refractivity contribution in [1.82, 2.24) is 10.2 Å². The van der Waals surface area contributed by atoms with Crippen LogP contribution < -0.4 is 5.32 Å². The minimum Gasteiger partial charge on any atom is -0.339 e. The first-order chi connectivity index (χ1) is 9.84. The average Bonchev–Trinajstić information content (AvgIpc) is 2.53. The van der Waals surface area contributed by atoms with Gasteiger partial charge in [-0.25, -0.2) is 0 Å². The number of fused-ring (bicyclic) bond motifs is 1. The molecule has 3 rings (SSSR count). The van der Waals surface area contributed by atoms with Crippen LogP contribution in [0.5, 0.6) is 0 Å². The smallest absolute Gasteiger partial charge is 0.232 e. The van der Waals surface area contributed by atoms with E-state index in [0.717, 1.165) is 25.6 Å². The van der Waals surface area contributed by atoms with Gasteiger partial charge in [0.1, 0.15) is 0 Å². The highest BCUT2D eigenvalue weighted by atomic mass is 32.2. The molecule has 0 aromatic carbocycles. The Morgan fingerprint density at radius 2 is 1.80 bits per heavy atom. The number of nitrogens with zero attached hydrogens (tertiary/aromatic N) is 1. The monoisotopic (exact) mass is 296 g/mol. The third-order valence-corrected chi connectivity index (χ3v) is 6.65. The Balaban J connectivity index is 1.50. The van der Waals surface area contributed by atoms with Crippen molar-refractivity contribution >= 4 is 17.7 Å². The van der Waals surface area contributed by atoms with Gasteiger partial charge in [0, 0.05) is 17.8 Å². The van der Waals surface area contributed by atoms with Crippen molar-refractivity contribution in [2.45, 2.75) is 62.7 Å². The molecule has 1 saturated carbocycles. The highest BCUT2D eigenvalue weighted by Crippen LogP contribution is 2.35. The first-order valence-electron chi connectivity index (χ1n) is 8.46. The summed E-state index contributed by atoms with van der Waals surface area (Å²) >= 11 is 1.91. The largest absolute Gasteiger partial charge is 0.339 e. The van der Waals surface area contributed by atoms with Crippen molar-refractivity contribution < 1.29 is 4.79 Å². The van der Waals surface area contributed by atoms with Gasteiger partial charge in [0.15, 0.2) is 0 Å². The van der Waals surface area contributed by atoms with Crippen LogP contribution >= 0.6 is 11.8 Å². The summed E-state index contributed by atoms with van der Waals surface area (Å²) in [5.74, 6) is 1.95. The van der Waals surface area contributed by atoms with E-state index in [1.807, 2.05) is 11.8 Å². The lowest BCUT2D eigenvalue weighted by Crippen LogP contribution is -2.50. The normalized spacial score (nSPS) is 31.9. The van der Waals surface area contributed by atoms with Gasteiger partial charge >= 0.3 is 0 Å². The maximum Gasteiger partial charge on any atom is 0.232 e. The summed E-state index contributed by atoms with van der Waals surface area (Å²) in [4.78, 5) is 14.8. The summed E-state index contributed by atoms with van der Waals surface area (Å²) in [5.41, 5.74) is 0. The third-order valence-electron chi connectivity index (χ3n) is 5.29. The standard InChI is InChI=1S/C16H28N2OS/c19-16(12-20-14-7-9-17-10-8-14)18-11-3-5-13-4-1-2-6-15(13)18/h13-15,17H,1-12H2. The van der Waals surface area contributed by atoms with Crippen LogP contribution in [0.3, 0.4) is 0 Å². The van der Waals surface area contributed by atoms with E-state index >= 15 is 0 Å². The fraction of sp³-hybridized carbons (Fsp3) is 0.938. The molecule has 1 N–H and O–H groups in total. The van der Waals surface area contributed by atoms with Gasteiger partial charge < -0.3 is 10.2 Å². The molecule has 1 amide bonds. The number of thioether (sulfide) groups is 1. The zero-order valence-electron chi connectivity index (χ0n) is 12.5. The molecule has 2 saturated heterocycles. The minimum absolute atomic E-state index is 0.421. The van der Waals surface area contributed by atoms with Crippen molar-refractivity contribution in [3.63, 3.8) is 0 Å². The quantitative estimate of drug-likeness (QED) is 0.869. The van der Waals surface area contributed by atoms with Gasteiger partial charge in [0.05, 0.1) is 5.75 Å². The molecule has 0 aromatic rings. The molecule has 2 aliphatic heterocycles. The fourth-order valence-corrected chi connectivity index (χ4v) is 5.28. The lowest BCUT2D eigenvalue weighted by Gasteiger charge is -2.44. The van der Waals surface area contributed by atoms with E-state index in [1.165, 1.54) is 51.4 Å². The average molecular weight is 296 g/mol. The molecular formula is C16H28N2OS. The Morgan fingerprint density at radius 3 is 2.65 bits per heavy atom. The van der Waals surface area contributed by atoms with E-state index in [1.54, 1.807) is 0 Å². The van der Waals surface area contributed by atoms with E-state index in [9.17, 15) is 4.79 Å². The second kappa shape index (κ2) is 7.17.